The van der Waals surface area contributed by atoms with Gasteiger partial charge in [-0.15, -0.1) is 0 Å². The Morgan fingerprint density at radius 2 is 2.00 bits per heavy atom. The molecule has 3 heteroatoms. The molecule has 1 fully saturated rings. The standard InChI is InChI=1S/C17H25ClFN/c1-5-20-11-17(9-12(10-17)16(2,3)4)13-7-6-8-14(18)15(13)19/h6-8,12,20H,5,9-11H2,1-4H3. The van der Waals surface area contributed by atoms with Gasteiger partial charge in [-0.1, -0.05) is 51.4 Å². The lowest BCUT2D eigenvalue weighted by Crippen LogP contribution is -2.52. The lowest BCUT2D eigenvalue weighted by atomic mass is 9.52. The molecule has 20 heavy (non-hydrogen) atoms. The van der Waals surface area contributed by atoms with Crippen LogP contribution >= 0.6 is 11.6 Å². The molecule has 1 aliphatic rings. The molecular weight excluding hydrogens is 273 g/mol. The van der Waals surface area contributed by atoms with Gasteiger partial charge in [0.15, 0.2) is 0 Å². The minimum absolute atomic E-state index is 0.0943. The van der Waals surface area contributed by atoms with E-state index in [1.807, 2.05) is 12.1 Å². The summed E-state index contributed by atoms with van der Waals surface area (Å²) in [6.07, 6.45) is 2.06. The molecule has 1 saturated carbocycles. The molecule has 1 nitrogen and oxygen atoms in total. The van der Waals surface area contributed by atoms with E-state index in [0.29, 0.717) is 5.92 Å². The molecule has 112 valence electrons. The molecule has 0 heterocycles. The average Bonchev–Trinajstić information content (AvgIpc) is 2.31. The summed E-state index contributed by atoms with van der Waals surface area (Å²) in [5.41, 5.74) is 0.972. The maximum atomic E-state index is 14.4. The molecular formula is C17H25ClFN. The second-order valence-corrected chi connectivity index (χ2v) is 7.54. The molecule has 0 aliphatic heterocycles. The highest BCUT2D eigenvalue weighted by Crippen LogP contribution is 2.54. The monoisotopic (exact) mass is 297 g/mol. The fourth-order valence-electron chi connectivity index (χ4n) is 3.23. The van der Waals surface area contributed by atoms with Gasteiger partial charge in [0, 0.05) is 12.0 Å². The summed E-state index contributed by atoms with van der Waals surface area (Å²) in [5, 5.41) is 3.63. The largest absolute Gasteiger partial charge is 0.316 e. The first-order valence-corrected chi connectivity index (χ1v) is 7.83. The van der Waals surface area contributed by atoms with Crippen molar-refractivity contribution in [3.63, 3.8) is 0 Å². The predicted octanol–water partition coefficient (Wildman–Crippen LogP) is 4.78. The van der Waals surface area contributed by atoms with Crippen molar-refractivity contribution < 1.29 is 4.39 Å². The molecule has 1 aliphatic carbocycles. The summed E-state index contributed by atoms with van der Waals surface area (Å²) in [7, 11) is 0. The van der Waals surface area contributed by atoms with E-state index in [9.17, 15) is 4.39 Å². The zero-order valence-electron chi connectivity index (χ0n) is 12.9. The Kier molecular flexibility index (Phi) is 4.46. The van der Waals surface area contributed by atoms with Crippen LogP contribution in [0.5, 0.6) is 0 Å². The second kappa shape index (κ2) is 5.65. The van der Waals surface area contributed by atoms with Gasteiger partial charge >= 0.3 is 0 Å². The van der Waals surface area contributed by atoms with Gasteiger partial charge in [-0.25, -0.2) is 4.39 Å². The summed E-state index contributed by atoms with van der Waals surface area (Å²) in [6, 6.07) is 5.39. The minimum atomic E-state index is -0.237. The van der Waals surface area contributed by atoms with Crippen molar-refractivity contribution in [2.75, 3.05) is 13.1 Å². The Balaban J connectivity index is 2.28. The van der Waals surface area contributed by atoms with Crippen LogP contribution in [0.1, 0.15) is 46.1 Å². The molecule has 0 spiro atoms. The van der Waals surface area contributed by atoms with Crippen molar-refractivity contribution in [3.8, 4) is 0 Å². The van der Waals surface area contributed by atoms with Crippen molar-refractivity contribution in [2.45, 2.75) is 46.0 Å². The van der Waals surface area contributed by atoms with Gasteiger partial charge in [0.2, 0.25) is 0 Å². The van der Waals surface area contributed by atoms with Crippen molar-refractivity contribution in [2.24, 2.45) is 11.3 Å². The third kappa shape index (κ3) is 2.87. The van der Waals surface area contributed by atoms with Crippen LogP contribution in [0, 0.1) is 17.2 Å². The first kappa shape index (κ1) is 15.8. The Bertz CT molecular complexity index is 472. The van der Waals surface area contributed by atoms with Crippen molar-refractivity contribution in [1.82, 2.24) is 5.32 Å². The van der Waals surface area contributed by atoms with Crippen LogP contribution in [0.3, 0.4) is 0 Å². The van der Waals surface area contributed by atoms with E-state index in [2.05, 4.69) is 33.0 Å². The smallest absolute Gasteiger partial charge is 0.145 e. The normalized spacial score (nSPS) is 26.4. The van der Waals surface area contributed by atoms with Gasteiger partial charge in [0.25, 0.3) is 0 Å². The molecule has 2 rings (SSSR count). The van der Waals surface area contributed by atoms with Crippen LogP contribution in [0.4, 0.5) is 4.39 Å². The fraction of sp³-hybridized carbons (Fsp3) is 0.647. The Morgan fingerprint density at radius 1 is 1.35 bits per heavy atom. The summed E-state index contributed by atoms with van der Waals surface area (Å²) < 4.78 is 14.4. The molecule has 0 bridgehead atoms. The van der Waals surface area contributed by atoms with Gasteiger partial charge in [-0.2, -0.15) is 0 Å². The second-order valence-electron chi connectivity index (χ2n) is 7.13. The van der Waals surface area contributed by atoms with Crippen molar-refractivity contribution >= 4 is 11.6 Å². The highest BCUT2D eigenvalue weighted by molar-refractivity contribution is 6.30. The number of hydrogen-bond donors (Lipinski definition) is 1. The molecule has 1 N–H and O–H groups in total. The maximum Gasteiger partial charge on any atom is 0.145 e. The van der Waals surface area contributed by atoms with E-state index < -0.39 is 0 Å². The van der Waals surface area contributed by atoms with Gasteiger partial charge < -0.3 is 5.32 Å². The zero-order valence-corrected chi connectivity index (χ0v) is 13.6. The molecule has 1 aromatic carbocycles. The van der Waals surface area contributed by atoms with E-state index in [-0.39, 0.29) is 21.7 Å². The number of nitrogens with one attached hydrogen (secondary N) is 1. The number of halogens is 2. The summed E-state index contributed by atoms with van der Waals surface area (Å²) >= 11 is 5.97. The lowest BCUT2D eigenvalue weighted by molar-refractivity contribution is 0.0430. The number of benzene rings is 1. The minimum Gasteiger partial charge on any atom is -0.316 e. The van der Waals surface area contributed by atoms with Gasteiger partial charge in [-0.3, -0.25) is 0 Å². The number of rotatable bonds is 4. The summed E-state index contributed by atoms with van der Waals surface area (Å²) in [6.45, 7) is 10.6. The van der Waals surface area contributed by atoms with Crippen molar-refractivity contribution in [1.29, 1.82) is 0 Å². The molecule has 0 radical (unpaired) electrons. The quantitative estimate of drug-likeness (QED) is 0.843. The Labute approximate surface area is 126 Å². The zero-order chi connectivity index (χ0) is 15.0. The van der Waals surface area contributed by atoms with Crippen LogP contribution in [-0.4, -0.2) is 13.1 Å². The maximum absolute atomic E-state index is 14.4. The van der Waals surface area contributed by atoms with E-state index >= 15 is 0 Å². The van der Waals surface area contributed by atoms with Crippen LogP contribution in [0.25, 0.3) is 0 Å². The topological polar surface area (TPSA) is 12.0 Å². The van der Waals surface area contributed by atoms with E-state index in [1.54, 1.807) is 6.07 Å². The van der Waals surface area contributed by atoms with Gasteiger partial charge in [0.05, 0.1) is 5.02 Å². The Morgan fingerprint density at radius 3 is 2.55 bits per heavy atom. The van der Waals surface area contributed by atoms with Gasteiger partial charge in [0.1, 0.15) is 5.82 Å². The number of hydrogen-bond acceptors (Lipinski definition) is 1. The van der Waals surface area contributed by atoms with Crippen LogP contribution in [0.2, 0.25) is 5.02 Å². The molecule has 0 aromatic heterocycles. The molecule has 0 amide bonds. The van der Waals surface area contributed by atoms with E-state index in [1.165, 1.54) is 0 Å². The lowest BCUT2D eigenvalue weighted by Gasteiger charge is -2.53. The third-order valence-corrected chi connectivity index (χ3v) is 5.03. The summed E-state index contributed by atoms with van der Waals surface area (Å²) in [4.78, 5) is 0. The predicted molar refractivity (Wildman–Crippen MR) is 83.8 cm³/mol. The van der Waals surface area contributed by atoms with Crippen molar-refractivity contribution in [3.05, 3.63) is 34.6 Å². The fourth-order valence-corrected chi connectivity index (χ4v) is 3.41. The SMILES string of the molecule is CCNCC1(c2cccc(Cl)c2F)CC(C(C)(C)C)C1. The van der Waals surface area contributed by atoms with Crippen LogP contribution in [0.15, 0.2) is 18.2 Å². The van der Waals surface area contributed by atoms with Gasteiger partial charge in [-0.05, 0) is 42.3 Å². The van der Waals surface area contributed by atoms with E-state index in [0.717, 1.165) is 31.5 Å². The third-order valence-electron chi connectivity index (χ3n) is 4.74. The highest BCUT2D eigenvalue weighted by Gasteiger charge is 2.50. The number of likely N-dealkylation sites (N-methyl/N-ethyl adjacent to an activating group) is 1. The molecule has 0 atom stereocenters. The molecule has 0 unspecified atom stereocenters. The Hall–Kier alpha value is -0.600. The first-order valence-electron chi connectivity index (χ1n) is 7.45. The first-order chi connectivity index (χ1) is 9.30. The summed E-state index contributed by atoms with van der Waals surface area (Å²) in [5.74, 6) is 0.402. The van der Waals surface area contributed by atoms with Crippen LogP contribution in [-0.2, 0) is 5.41 Å². The molecule has 0 saturated heterocycles. The highest BCUT2D eigenvalue weighted by atomic mass is 35.5. The van der Waals surface area contributed by atoms with Crippen LogP contribution < -0.4 is 5.32 Å². The molecule has 1 aromatic rings. The average molecular weight is 298 g/mol. The van der Waals surface area contributed by atoms with E-state index in [4.69, 9.17) is 11.6 Å².